The van der Waals surface area contributed by atoms with Gasteiger partial charge in [-0.1, -0.05) is 11.6 Å². The number of carbonyl (C=O) groups is 1. The van der Waals surface area contributed by atoms with Crippen LogP contribution in [0.5, 0.6) is 0 Å². The summed E-state index contributed by atoms with van der Waals surface area (Å²) in [6, 6.07) is 0. The average molecular weight is 240 g/mol. The van der Waals surface area contributed by atoms with Gasteiger partial charge in [0.2, 0.25) is 0 Å². The van der Waals surface area contributed by atoms with Gasteiger partial charge in [-0.2, -0.15) is 0 Å². The van der Waals surface area contributed by atoms with Crippen LogP contribution in [-0.2, 0) is 9.53 Å². The van der Waals surface area contributed by atoms with Crippen molar-refractivity contribution in [2.24, 2.45) is 5.41 Å². The Morgan fingerprint density at radius 2 is 2.18 bits per heavy atom. The Hall–Kier alpha value is -1.09. The number of rotatable bonds is 8. The van der Waals surface area contributed by atoms with Crippen LogP contribution in [0, 0.1) is 5.41 Å². The molecule has 2 atom stereocenters. The fourth-order valence-corrected chi connectivity index (χ4v) is 1.65. The van der Waals surface area contributed by atoms with E-state index in [9.17, 15) is 9.90 Å². The van der Waals surface area contributed by atoms with Crippen molar-refractivity contribution in [3.63, 3.8) is 0 Å². The van der Waals surface area contributed by atoms with Crippen LogP contribution in [-0.4, -0.2) is 23.8 Å². The van der Waals surface area contributed by atoms with Crippen LogP contribution >= 0.6 is 0 Å². The van der Waals surface area contributed by atoms with Crippen molar-refractivity contribution in [1.29, 1.82) is 0 Å². The highest BCUT2D eigenvalue weighted by atomic mass is 16.5. The lowest BCUT2D eigenvalue weighted by atomic mass is 9.78. The smallest absolute Gasteiger partial charge is 0.314 e. The van der Waals surface area contributed by atoms with Gasteiger partial charge in [-0.3, -0.25) is 4.79 Å². The van der Waals surface area contributed by atoms with E-state index in [0.29, 0.717) is 25.9 Å². The van der Waals surface area contributed by atoms with E-state index in [1.807, 2.05) is 6.92 Å². The Balaban J connectivity index is 4.72. The largest absolute Gasteiger partial charge is 0.465 e. The third-order valence-electron chi connectivity index (χ3n) is 2.89. The number of esters is 1. The van der Waals surface area contributed by atoms with Crippen LogP contribution in [0.25, 0.3) is 0 Å². The lowest BCUT2D eigenvalue weighted by molar-refractivity contribution is -0.161. The topological polar surface area (TPSA) is 46.5 Å². The van der Waals surface area contributed by atoms with Crippen LogP contribution in [0.1, 0.15) is 40.0 Å². The zero-order valence-corrected chi connectivity index (χ0v) is 11.2. The van der Waals surface area contributed by atoms with Crippen molar-refractivity contribution in [1.82, 2.24) is 0 Å². The molecule has 0 aliphatic heterocycles. The van der Waals surface area contributed by atoms with Crippen molar-refractivity contribution in [2.45, 2.75) is 46.1 Å². The number of hydrogen-bond acceptors (Lipinski definition) is 3. The minimum Gasteiger partial charge on any atom is -0.465 e. The maximum absolute atomic E-state index is 11.9. The normalized spacial score (nSPS) is 15.8. The van der Waals surface area contributed by atoms with E-state index in [1.54, 1.807) is 19.9 Å². The van der Waals surface area contributed by atoms with E-state index < -0.39 is 11.5 Å². The summed E-state index contributed by atoms with van der Waals surface area (Å²) < 4.78 is 5.02. The Kier molecular flexibility index (Phi) is 6.81. The van der Waals surface area contributed by atoms with Gasteiger partial charge in [0.15, 0.2) is 0 Å². The number of aliphatic hydroxyl groups excluding tert-OH is 1. The van der Waals surface area contributed by atoms with Crippen LogP contribution in [0.15, 0.2) is 24.8 Å². The quantitative estimate of drug-likeness (QED) is 0.524. The first-order valence-electron chi connectivity index (χ1n) is 5.99. The second kappa shape index (κ2) is 7.28. The molecule has 0 aromatic carbocycles. The number of ether oxygens (including phenoxy) is 1. The lowest BCUT2D eigenvalue weighted by Gasteiger charge is -2.31. The minimum absolute atomic E-state index is 0.318. The van der Waals surface area contributed by atoms with Gasteiger partial charge >= 0.3 is 5.97 Å². The molecule has 0 heterocycles. The highest BCUT2D eigenvalue weighted by molar-refractivity contribution is 5.77. The average Bonchev–Trinajstić information content (AvgIpc) is 2.26. The van der Waals surface area contributed by atoms with Gasteiger partial charge in [0.1, 0.15) is 0 Å². The molecule has 2 unspecified atom stereocenters. The number of hydrogen-bond donors (Lipinski definition) is 1. The molecule has 0 rings (SSSR count). The first kappa shape index (κ1) is 15.9. The van der Waals surface area contributed by atoms with Gasteiger partial charge in [-0.05, 0) is 40.0 Å². The maximum Gasteiger partial charge on any atom is 0.314 e. The molecule has 1 N–H and O–H groups in total. The Bertz CT molecular complexity index is 283. The predicted molar refractivity (Wildman–Crippen MR) is 69.6 cm³/mol. The van der Waals surface area contributed by atoms with Gasteiger partial charge in [0.05, 0.1) is 18.1 Å². The van der Waals surface area contributed by atoms with Gasteiger partial charge in [0, 0.05) is 0 Å². The summed E-state index contributed by atoms with van der Waals surface area (Å²) in [7, 11) is 0. The molecule has 0 aliphatic rings. The second-order valence-electron chi connectivity index (χ2n) is 4.64. The molecular weight excluding hydrogens is 216 g/mol. The number of carbonyl (C=O) groups excluding carboxylic acids is 1. The van der Waals surface area contributed by atoms with Crippen molar-refractivity contribution in [2.75, 3.05) is 6.61 Å². The molecule has 0 radical (unpaired) electrons. The van der Waals surface area contributed by atoms with Crippen LogP contribution in [0.3, 0.4) is 0 Å². The first-order valence-corrected chi connectivity index (χ1v) is 5.99. The molecule has 0 aromatic rings. The van der Waals surface area contributed by atoms with E-state index in [2.05, 4.69) is 13.2 Å². The summed E-state index contributed by atoms with van der Waals surface area (Å²) in [5, 5.41) is 10.2. The van der Waals surface area contributed by atoms with Crippen molar-refractivity contribution < 1.29 is 14.6 Å². The fraction of sp³-hybridized carbons (Fsp3) is 0.643. The van der Waals surface area contributed by atoms with Gasteiger partial charge in [-0.25, -0.2) is 0 Å². The van der Waals surface area contributed by atoms with Crippen LogP contribution in [0.4, 0.5) is 0 Å². The summed E-state index contributed by atoms with van der Waals surface area (Å²) in [5.41, 5.74) is 0.0848. The molecule has 3 heteroatoms. The first-order chi connectivity index (χ1) is 7.88. The summed E-state index contributed by atoms with van der Waals surface area (Å²) in [5.74, 6) is -0.367. The second-order valence-corrected chi connectivity index (χ2v) is 4.64. The van der Waals surface area contributed by atoms with Crippen molar-refractivity contribution >= 4 is 5.97 Å². The maximum atomic E-state index is 11.9. The molecule has 0 amide bonds. The molecule has 3 nitrogen and oxygen atoms in total. The Morgan fingerprint density at radius 1 is 1.59 bits per heavy atom. The van der Waals surface area contributed by atoms with E-state index in [1.165, 1.54) is 0 Å². The number of allylic oxidation sites excluding steroid dienone is 2. The third kappa shape index (κ3) is 4.73. The van der Waals surface area contributed by atoms with E-state index >= 15 is 0 Å². The van der Waals surface area contributed by atoms with Crippen LogP contribution in [0.2, 0.25) is 0 Å². The zero-order chi connectivity index (χ0) is 13.5. The van der Waals surface area contributed by atoms with Crippen molar-refractivity contribution in [3.8, 4) is 0 Å². The summed E-state index contributed by atoms with van der Waals surface area (Å²) in [6.45, 7) is 13.1. The molecule has 0 bridgehead atoms. The Labute approximate surface area is 104 Å². The molecule has 0 saturated carbocycles. The zero-order valence-electron chi connectivity index (χ0n) is 11.2. The van der Waals surface area contributed by atoms with E-state index in [-0.39, 0.29) is 5.97 Å². The van der Waals surface area contributed by atoms with Gasteiger partial charge in [0.25, 0.3) is 0 Å². The summed E-state index contributed by atoms with van der Waals surface area (Å²) in [4.78, 5) is 11.9. The summed E-state index contributed by atoms with van der Waals surface area (Å²) in [6.07, 6.45) is 2.52. The highest BCUT2D eigenvalue weighted by Gasteiger charge is 2.40. The van der Waals surface area contributed by atoms with E-state index in [0.717, 1.165) is 5.57 Å². The standard InChI is InChI=1S/C14H24O3/c1-6-10-14(5,13(16)17-7-2)12(15)9-8-11(3)4/h6,12,15H,1,3,7-10H2,2,4-5H3. The SMILES string of the molecule is C=CCC(C)(C(=O)OCC)C(O)CCC(=C)C. The molecule has 0 saturated heterocycles. The molecule has 17 heavy (non-hydrogen) atoms. The number of aliphatic hydroxyl groups is 1. The molecule has 0 fully saturated rings. The molecule has 98 valence electrons. The van der Waals surface area contributed by atoms with Gasteiger partial charge < -0.3 is 9.84 Å². The molecule has 0 spiro atoms. The Morgan fingerprint density at radius 3 is 2.59 bits per heavy atom. The molecule has 0 aliphatic carbocycles. The highest BCUT2D eigenvalue weighted by Crippen LogP contribution is 2.31. The van der Waals surface area contributed by atoms with Crippen LogP contribution < -0.4 is 0 Å². The predicted octanol–water partition coefficient (Wildman–Crippen LogP) is 2.85. The monoisotopic (exact) mass is 240 g/mol. The minimum atomic E-state index is -0.910. The fourth-order valence-electron chi connectivity index (χ4n) is 1.65. The third-order valence-corrected chi connectivity index (χ3v) is 2.89. The molecular formula is C14H24O3. The lowest BCUT2D eigenvalue weighted by Crippen LogP contribution is -2.41. The van der Waals surface area contributed by atoms with Gasteiger partial charge in [-0.15, -0.1) is 13.2 Å². The van der Waals surface area contributed by atoms with E-state index in [4.69, 9.17) is 4.74 Å². The van der Waals surface area contributed by atoms with Crippen molar-refractivity contribution in [3.05, 3.63) is 24.8 Å². The molecule has 0 aromatic heterocycles. The summed E-state index contributed by atoms with van der Waals surface area (Å²) >= 11 is 0.